The molecule has 0 bridgehead atoms. The molecule has 3 aromatic rings. The Bertz CT molecular complexity index is 893. The first-order valence-corrected chi connectivity index (χ1v) is 7.61. The van der Waals surface area contributed by atoms with Crippen LogP contribution in [0.2, 0.25) is 0 Å². The van der Waals surface area contributed by atoms with Gasteiger partial charge in [-0.3, -0.25) is 4.79 Å². The molecule has 0 spiro atoms. The van der Waals surface area contributed by atoms with Gasteiger partial charge < -0.3 is 13.9 Å². The highest BCUT2D eigenvalue weighted by molar-refractivity contribution is 6.14. The fraction of sp³-hybridized carbons (Fsp3) is 0.158. The third kappa shape index (κ3) is 2.76. The van der Waals surface area contributed by atoms with Gasteiger partial charge in [0, 0.05) is 17.3 Å². The summed E-state index contributed by atoms with van der Waals surface area (Å²) in [5.74, 6) is 0.0740. The van der Waals surface area contributed by atoms with Crippen LogP contribution >= 0.6 is 0 Å². The van der Waals surface area contributed by atoms with E-state index in [9.17, 15) is 9.59 Å². The summed E-state index contributed by atoms with van der Waals surface area (Å²) in [5.41, 5.74) is 2.00. The molecule has 0 radical (unpaired) electrons. The molecule has 0 aliphatic heterocycles. The lowest BCUT2D eigenvalue weighted by atomic mass is 10.0. The van der Waals surface area contributed by atoms with Crippen LogP contribution in [0.3, 0.4) is 0 Å². The monoisotopic (exact) mass is 323 g/mol. The van der Waals surface area contributed by atoms with Gasteiger partial charge >= 0.3 is 5.97 Å². The van der Waals surface area contributed by atoms with Crippen molar-refractivity contribution in [3.05, 3.63) is 71.5 Å². The highest BCUT2D eigenvalue weighted by atomic mass is 16.5. The number of methoxy groups -OCH3 is 1. The van der Waals surface area contributed by atoms with Crippen molar-refractivity contribution in [2.45, 2.75) is 6.92 Å². The molecule has 24 heavy (non-hydrogen) atoms. The Morgan fingerprint density at radius 2 is 1.83 bits per heavy atom. The molecule has 2 heterocycles. The van der Waals surface area contributed by atoms with Crippen LogP contribution in [-0.2, 0) is 4.74 Å². The van der Waals surface area contributed by atoms with Gasteiger partial charge in [-0.15, -0.1) is 0 Å². The van der Waals surface area contributed by atoms with Gasteiger partial charge in [0.05, 0.1) is 19.2 Å². The van der Waals surface area contributed by atoms with Crippen molar-refractivity contribution >= 4 is 17.3 Å². The van der Waals surface area contributed by atoms with Gasteiger partial charge in [-0.25, -0.2) is 4.79 Å². The minimum absolute atomic E-state index is 0.156. The molecule has 0 aliphatic carbocycles. The van der Waals surface area contributed by atoms with Crippen LogP contribution in [0.1, 0.15) is 33.3 Å². The van der Waals surface area contributed by atoms with Crippen LogP contribution in [0.25, 0.3) is 5.52 Å². The van der Waals surface area contributed by atoms with Crippen molar-refractivity contribution in [2.24, 2.45) is 0 Å². The van der Waals surface area contributed by atoms with E-state index in [1.54, 1.807) is 67.1 Å². The molecule has 122 valence electrons. The molecule has 0 atom stereocenters. The fourth-order valence-corrected chi connectivity index (χ4v) is 2.59. The number of ketones is 1. The number of ether oxygens (including phenoxy) is 2. The van der Waals surface area contributed by atoms with Crippen LogP contribution in [0.5, 0.6) is 5.75 Å². The Balaban J connectivity index is 2.08. The van der Waals surface area contributed by atoms with E-state index >= 15 is 0 Å². The second kappa shape index (κ2) is 6.58. The first kappa shape index (κ1) is 15.8. The summed E-state index contributed by atoms with van der Waals surface area (Å²) in [6, 6.07) is 13.9. The number of nitrogens with zero attached hydrogens (tertiary/aromatic N) is 1. The molecule has 2 aromatic heterocycles. The maximum absolute atomic E-state index is 12.8. The van der Waals surface area contributed by atoms with Crippen molar-refractivity contribution in [1.29, 1.82) is 0 Å². The van der Waals surface area contributed by atoms with E-state index in [1.165, 1.54) is 0 Å². The Hall–Kier alpha value is -3.08. The quantitative estimate of drug-likeness (QED) is 0.534. The predicted molar refractivity (Wildman–Crippen MR) is 89.8 cm³/mol. The van der Waals surface area contributed by atoms with Crippen LogP contribution in [0, 0.1) is 0 Å². The van der Waals surface area contributed by atoms with E-state index in [2.05, 4.69) is 0 Å². The first-order chi connectivity index (χ1) is 11.7. The summed E-state index contributed by atoms with van der Waals surface area (Å²) >= 11 is 0. The normalized spacial score (nSPS) is 10.6. The zero-order chi connectivity index (χ0) is 17.1. The SMILES string of the molecule is CCOC(=O)c1cc(C(=O)c2ccc(OC)cc2)c2ccccn12. The Morgan fingerprint density at radius 3 is 2.50 bits per heavy atom. The molecule has 0 unspecified atom stereocenters. The number of carbonyl (C=O) groups is 2. The standard InChI is InChI=1S/C19H17NO4/c1-3-24-19(22)17-12-15(16-6-4-5-11-20(16)17)18(21)13-7-9-14(23-2)10-8-13/h4-12H,3H2,1-2H3. The van der Waals surface area contributed by atoms with Crippen molar-refractivity contribution in [3.8, 4) is 5.75 Å². The lowest BCUT2D eigenvalue weighted by molar-refractivity contribution is 0.0518. The summed E-state index contributed by atoms with van der Waals surface area (Å²) in [4.78, 5) is 25.0. The average molecular weight is 323 g/mol. The minimum Gasteiger partial charge on any atom is -0.497 e. The zero-order valence-corrected chi connectivity index (χ0v) is 13.5. The summed E-state index contributed by atoms with van der Waals surface area (Å²) in [6.45, 7) is 2.03. The van der Waals surface area contributed by atoms with Gasteiger partial charge in [0.1, 0.15) is 11.4 Å². The highest BCUT2D eigenvalue weighted by Gasteiger charge is 2.21. The molecule has 3 rings (SSSR count). The number of carbonyl (C=O) groups excluding carboxylic acids is 2. The topological polar surface area (TPSA) is 57.0 Å². The molecular formula is C19H17NO4. The van der Waals surface area contributed by atoms with E-state index in [4.69, 9.17) is 9.47 Å². The fourth-order valence-electron chi connectivity index (χ4n) is 2.59. The van der Waals surface area contributed by atoms with E-state index in [0.29, 0.717) is 28.1 Å². The van der Waals surface area contributed by atoms with Crippen LogP contribution in [0.4, 0.5) is 0 Å². The summed E-state index contributed by atoms with van der Waals surface area (Å²) < 4.78 is 11.9. The largest absolute Gasteiger partial charge is 0.497 e. The second-order valence-electron chi connectivity index (χ2n) is 5.18. The van der Waals surface area contributed by atoms with Crippen molar-refractivity contribution in [3.63, 3.8) is 0 Å². The lowest BCUT2D eigenvalue weighted by Crippen LogP contribution is -2.07. The van der Waals surface area contributed by atoms with Crippen LogP contribution in [0.15, 0.2) is 54.7 Å². The Labute approximate surface area is 139 Å². The first-order valence-electron chi connectivity index (χ1n) is 7.61. The number of benzene rings is 1. The molecule has 0 saturated heterocycles. The molecule has 0 saturated carbocycles. The van der Waals surface area contributed by atoms with Gasteiger partial charge in [-0.05, 0) is 49.4 Å². The number of aromatic nitrogens is 1. The average Bonchev–Trinajstić information content (AvgIpc) is 3.01. The number of pyridine rings is 1. The number of fused-ring (bicyclic) bond motifs is 1. The van der Waals surface area contributed by atoms with Crippen LogP contribution in [-0.4, -0.2) is 29.9 Å². The van der Waals surface area contributed by atoms with Gasteiger partial charge in [-0.2, -0.15) is 0 Å². The maximum atomic E-state index is 12.8. The number of rotatable bonds is 5. The number of hydrogen-bond acceptors (Lipinski definition) is 4. The molecule has 1 aromatic carbocycles. The highest BCUT2D eigenvalue weighted by Crippen LogP contribution is 2.22. The van der Waals surface area contributed by atoms with Crippen molar-refractivity contribution in [2.75, 3.05) is 13.7 Å². The minimum atomic E-state index is -0.451. The maximum Gasteiger partial charge on any atom is 0.355 e. The number of esters is 1. The van der Waals surface area contributed by atoms with Gasteiger partial charge in [0.25, 0.3) is 0 Å². The van der Waals surface area contributed by atoms with Gasteiger partial charge in [-0.1, -0.05) is 6.07 Å². The predicted octanol–water partition coefficient (Wildman–Crippen LogP) is 3.36. The molecule has 0 N–H and O–H groups in total. The Kier molecular flexibility index (Phi) is 4.33. The summed E-state index contributed by atoms with van der Waals surface area (Å²) in [6.07, 6.45) is 1.74. The van der Waals surface area contributed by atoms with Gasteiger partial charge in [0.15, 0.2) is 5.78 Å². The molecule has 0 aliphatic rings. The molecule has 5 nitrogen and oxygen atoms in total. The van der Waals surface area contributed by atoms with E-state index in [1.807, 2.05) is 6.07 Å². The zero-order valence-electron chi connectivity index (χ0n) is 13.5. The van der Waals surface area contributed by atoms with E-state index in [0.717, 1.165) is 0 Å². The van der Waals surface area contributed by atoms with Gasteiger partial charge in [0.2, 0.25) is 0 Å². The summed E-state index contributed by atoms with van der Waals surface area (Å²) in [5, 5.41) is 0. The molecular weight excluding hydrogens is 306 g/mol. The summed E-state index contributed by atoms with van der Waals surface area (Å²) in [7, 11) is 1.57. The number of hydrogen-bond donors (Lipinski definition) is 0. The third-order valence-electron chi connectivity index (χ3n) is 3.76. The lowest BCUT2D eigenvalue weighted by Gasteiger charge is -2.03. The smallest absolute Gasteiger partial charge is 0.355 e. The molecule has 0 amide bonds. The van der Waals surface area contributed by atoms with Crippen molar-refractivity contribution in [1.82, 2.24) is 4.40 Å². The van der Waals surface area contributed by atoms with Crippen molar-refractivity contribution < 1.29 is 19.1 Å². The van der Waals surface area contributed by atoms with E-state index < -0.39 is 5.97 Å². The molecule has 5 heteroatoms. The molecule has 0 fully saturated rings. The Morgan fingerprint density at radius 1 is 1.08 bits per heavy atom. The van der Waals surface area contributed by atoms with E-state index in [-0.39, 0.29) is 12.4 Å². The third-order valence-corrected chi connectivity index (χ3v) is 3.76. The van der Waals surface area contributed by atoms with Crippen LogP contribution < -0.4 is 4.74 Å². The second-order valence-corrected chi connectivity index (χ2v) is 5.18.